The van der Waals surface area contributed by atoms with E-state index in [2.05, 4.69) is 20.2 Å². The van der Waals surface area contributed by atoms with Gasteiger partial charge in [-0.15, -0.1) is 0 Å². The Hall–Kier alpha value is -3.15. The molecule has 0 radical (unpaired) electrons. The van der Waals surface area contributed by atoms with E-state index in [1.54, 1.807) is 24.3 Å². The van der Waals surface area contributed by atoms with Gasteiger partial charge in [0.15, 0.2) is 0 Å². The van der Waals surface area contributed by atoms with Gasteiger partial charge in [-0.25, -0.2) is 4.98 Å². The van der Waals surface area contributed by atoms with Gasteiger partial charge in [0.25, 0.3) is 0 Å². The number of ether oxygens (including phenoxy) is 2. The van der Waals surface area contributed by atoms with Crippen molar-refractivity contribution >= 4 is 11.2 Å². The summed E-state index contributed by atoms with van der Waals surface area (Å²) in [6, 6.07) is 10.6. The summed E-state index contributed by atoms with van der Waals surface area (Å²) in [5, 5.41) is 0. The van der Waals surface area contributed by atoms with Gasteiger partial charge in [-0.2, -0.15) is 8.78 Å². The van der Waals surface area contributed by atoms with E-state index in [0.29, 0.717) is 0 Å². The molecule has 4 nitrogen and oxygen atoms in total. The highest BCUT2D eigenvalue weighted by atomic mass is 19.3. The van der Waals surface area contributed by atoms with Crippen molar-refractivity contribution in [2.24, 2.45) is 0 Å². The molecule has 0 saturated heterocycles. The SMILES string of the molecule is CC(C)OC1=CC=C(c2cnc3ccc(-c4ccc(OC(F)F)cc4)cn23)CC1. The van der Waals surface area contributed by atoms with E-state index in [-0.39, 0.29) is 11.9 Å². The van der Waals surface area contributed by atoms with Crippen molar-refractivity contribution in [3.8, 4) is 16.9 Å². The van der Waals surface area contributed by atoms with Gasteiger partial charge in [-0.3, -0.25) is 4.40 Å². The normalized spacial score (nSPS) is 14.3. The molecule has 1 aliphatic rings. The number of hydrogen-bond acceptors (Lipinski definition) is 3. The van der Waals surface area contributed by atoms with Gasteiger partial charge in [-0.05, 0) is 67.3 Å². The lowest BCUT2D eigenvalue weighted by atomic mass is 10.0. The summed E-state index contributed by atoms with van der Waals surface area (Å²) in [5.74, 6) is 1.15. The molecule has 2 heterocycles. The summed E-state index contributed by atoms with van der Waals surface area (Å²) in [7, 11) is 0. The summed E-state index contributed by atoms with van der Waals surface area (Å²) in [6.45, 7) is 1.23. The van der Waals surface area contributed by atoms with Crippen LogP contribution in [0.4, 0.5) is 8.78 Å². The van der Waals surface area contributed by atoms with Crippen LogP contribution in [-0.4, -0.2) is 22.1 Å². The van der Waals surface area contributed by atoms with Crippen molar-refractivity contribution in [1.82, 2.24) is 9.38 Å². The minimum atomic E-state index is -2.82. The van der Waals surface area contributed by atoms with E-state index >= 15 is 0 Å². The molecule has 0 bridgehead atoms. The van der Waals surface area contributed by atoms with Gasteiger partial charge in [0, 0.05) is 12.6 Å². The van der Waals surface area contributed by atoms with Crippen molar-refractivity contribution in [1.29, 1.82) is 0 Å². The average Bonchev–Trinajstić information content (AvgIpc) is 3.11. The Morgan fingerprint density at radius 2 is 1.69 bits per heavy atom. The first-order valence-corrected chi connectivity index (χ1v) is 9.59. The highest BCUT2D eigenvalue weighted by Crippen LogP contribution is 2.30. The van der Waals surface area contributed by atoms with Gasteiger partial charge in [0.1, 0.15) is 11.4 Å². The lowest BCUT2D eigenvalue weighted by molar-refractivity contribution is -0.0498. The molecule has 1 aromatic carbocycles. The molecule has 0 spiro atoms. The zero-order chi connectivity index (χ0) is 20.4. The highest BCUT2D eigenvalue weighted by Gasteiger charge is 2.14. The summed E-state index contributed by atoms with van der Waals surface area (Å²) in [4.78, 5) is 4.51. The van der Waals surface area contributed by atoms with E-state index in [1.165, 1.54) is 5.57 Å². The standard InChI is InChI=1S/C23H22F2N2O2/c1-15(2)28-19-10-5-17(6-11-19)21-13-26-22-12-7-18(14-27(21)22)16-3-8-20(9-4-16)29-23(24)25/h3-5,7-10,12-15,23H,6,11H2,1-2H3. The molecule has 2 aromatic heterocycles. The third kappa shape index (κ3) is 4.31. The monoisotopic (exact) mass is 396 g/mol. The zero-order valence-electron chi connectivity index (χ0n) is 16.3. The number of allylic oxidation sites excluding steroid dienone is 4. The summed E-state index contributed by atoms with van der Waals surface area (Å²) >= 11 is 0. The lowest BCUT2D eigenvalue weighted by Gasteiger charge is -2.18. The predicted molar refractivity (Wildman–Crippen MR) is 109 cm³/mol. The molecule has 29 heavy (non-hydrogen) atoms. The van der Waals surface area contributed by atoms with Crippen molar-refractivity contribution in [3.05, 3.63) is 72.4 Å². The van der Waals surface area contributed by atoms with Crippen molar-refractivity contribution in [2.45, 2.75) is 39.4 Å². The molecule has 0 aliphatic heterocycles. The molecule has 0 unspecified atom stereocenters. The molecule has 3 aromatic rings. The van der Waals surface area contributed by atoms with Crippen LogP contribution < -0.4 is 4.74 Å². The van der Waals surface area contributed by atoms with E-state index in [1.807, 2.05) is 44.4 Å². The molecule has 4 rings (SSSR count). The zero-order valence-corrected chi connectivity index (χ0v) is 16.3. The third-order valence-corrected chi connectivity index (χ3v) is 4.75. The first-order chi connectivity index (χ1) is 14.0. The smallest absolute Gasteiger partial charge is 0.387 e. The third-order valence-electron chi connectivity index (χ3n) is 4.75. The van der Waals surface area contributed by atoms with E-state index < -0.39 is 6.61 Å². The molecular formula is C23H22F2N2O2. The van der Waals surface area contributed by atoms with Crippen LogP contribution in [0.15, 0.2) is 66.7 Å². The topological polar surface area (TPSA) is 35.8 Å². The fourth-order valence-corrected chi connectivity index (χ4v) is 3.45. The number of fused-ring (bicyclic) bond motifs is 1. The molecular weight excluding hydrogens is 374 g/mol. The van der Waals surface area contributed by atoms with Crippen molar-refractivity contribution in [3.63, 3.8) is 0 Å². The van der Waals surface area contributed by atoms with Crippen LogP contribution in [0.3, 0.4) is 0 Å². The van der Waals surface area contributed by atoms with Gasteiger partial charge in [-0.1, -0.05) is 18.2 Å². The number of rotatable bonds is 6. The predicted octanol–water partition coefficient (Wildman–Crippen LogP) is 6.09. The summed E-state index contributed by atoms with van der Waals surface area (Å²) < 4.78 is 37.0. The number of aromatic nitrogens is 2. The number of pyridine rings is 1. The molecule has 0 amide bonds. The van der Waals surface area contributed by atoms with E-state index in [9.17, 15) is 8.78 Å². The number of imidazole rings is 1. The maximum atomic E-state index is 12.3. The van der Waals surface area contributed by atoms with Crippen LogP contribution in [-0.2, 0) is 4.74 Å². The number of halogens is 2. The minimum absolute atomic E-state index is 0.145. The molecule has 0 saturated carbocycles. The maximum Gasteiger partial charge on any atom is 0.387 e. The number of nitrogens with zero attached hydrogens (tertiary/aromatic N) is 2. The molecule has 1 aliphatic carbocycles. The fourth-order valence-electron chi connectivity index (χ4n) is 3.45. The number of benzene rings is 1. The van der Waals surface area contributed by atoms with E-state index in [0.717, 1.165) is 41.1 Å². The largest absolute Gasteiger partial charge is 0.495 e. The molecule has 150 valence electrons. The Kier molecular flexibility index (Phi) is 5.34. The molecule has 0 N–H and O–H groups in total. The van der Waals surface area contributed by atoms with Crippen LogP contribution in [0.25, 0.3) is 22.3 Å². The van der Waals surface area contributed by atoms with Crippen LogP contribution in [0, 0.1) is 0 Å². The maximum absolute atomic E-state index is 12.3. The second kappa shape index (κ2) is 8.07. The molecule has 0 fully saturated rings. The Balaban J connectivity index is 1.63. The second-order valence-electron chi connectivity index (χ2n) is 7.18. The fraction of sp³-hybridized carbons (Fsp3) is 0.261. The second-order valence-corrected chi connectivity index (χ2v) is 7.18. The number of hydrogen-bond donors (Lipinski definition) is 0. The van der Waals surface area contributed by atoms with Crippen LogP contribution in [0.5, 0.6) is 5.75 Å². The van der Waals surface area contributed by atoms with Crippen molar-refractivity contribution in [2.75, 3.05) is 0 Å². The first kappa shape index (κ1) is 19.2. The van der Waals surface area contributed by atoms with Gasteiger partial charge < -0.3 is 9.47 Å². The average molecular weight is 396 g/mol. The molecule has 0 atom stereocenters. The minimum Gasteiger partial charge on any atom is -0.495 e. The summed E-state index contributed by atoms with van der Waals surface area (Å²) in [5.41, 5.74) is 4.98. The van der Waals surface area contributed by atoms with Gasteiger partial charge in [0.05, 0.1) is 23.8 Å². The quantitative estimate of drug-likeness (QED) is 0.506. The number of alkyl halides is 2. The highest BCUT2D eigenvalue weighted by molar-refractivity contribution is 5.71. The van der Waals surface area contributed by atoms with E-state index in [4.69, 9.17) is 4.74 Å². The van der Waals surface area contributed by atoms with Crippen molar-refractivity contribution < 1.29 is 18.3 Å². The molecule has 6 heteroatoms. The Morgan fingerprint density at radius 1 is 0.931 bits per heavy atom. The van der Waals surface area contributed by atoms with Gasteiger partial charge in [0.2, 0.25) is 0 Å². The Labute approximate surface area is 168 Å². The van der Waals surface area contributed by atoms with Gasteiger partial charge >= 0.3 is 6.61 Å². The lowest BCUT2D eigenvalue weighted by Crippen LogP contribution is -2.05. The van der Waals surface area contributed by atoms with Crippen LogP contribution >= 0.6 is 0 Å². The first-order valence-electron chi connectivity index (χ1n) is 9.59. The Morgan fingerprint density at radius 3 is 2.34 bits per heavy atom. The summed E-state index contributed by atoms with van der Waals surface area (Å²) in [6.07, 6.45) is 9.95. The Bertz CT molecular complexity index is 1070. The van der Waals surface area contributed by atoms with Crippen LogP contribution in [0.2, 0.25) is 0 Å². The van der Waals surface area contributed by atoms with Crippen LogP contribution in [0.1, 0.15) is 32.4 Å².